The van der Waals surface area contributed by atoms with Crippen LogP contribution < -0.4 is 16.6 Å². The zero-order valence-corrected chi connectivity index (χ0v) is 15.1. The van der Waals surface area contributed by atoms with Crippen LogP contribution in [0.3, 0.4) is 0 Å². The highest BCUT2D eigenvalue weighted by Crippen LogP contribution is 2.13. The molecule has 1 aromatic heterocycles. The fourth-order valence-corrected chi connectivity index (χ4v) is 3.13. The molecular weight excluding hydrogens is 328 g/mol. The molecule has 7 nitrogen and oxygen atoms in total. The molecule has 7 heteroatoms. The number of rotatable bonds is 5. The summed E-state index contributed by atoms with van der Waals surface area (Å²) in [6, 6.07) is 10.8. The third kappa shape index (κ3) is 5.16. The van der Waals surface area contributed by atoms with E-state index in [4.69, 9.17) is 5.73 Å². The molecule has 0 aliphatic carbocycles. The van der Waals surface area contributed by atoms with Crippen LogP contribution in [0.25, 0.3) is 0 Å². The summed E-state index contributed by atoms with van der Waals surface area (Å²) in [7, 11) is 0. The largest absolute Gasteiger partial charge is 0.370 e. The van der Waals surface area contributed by atoms with Crippen LogP contribution >= 0.6 is 0 Å². The molecule has 0 amide bonds. The van der Waals surface area contributed by atoms with Crippen LogP contribution in [0.1, 0.15) is 29.8 Å². The Morgan fingerprint density at radius 2 is 2.08 bits per heavy atom. The SMILES string of the molecule is Cc1ncc(CN=C(N)NC2CCN(Cc3ccccc3)CC2)c(=O)[nH]1. The molecule has 4 N–H and O–H groups in total. The molecule has 0 unspecified atom stereocenters. The van der Waals surface area contributed by atoms with Crippen LogP contribution in [0.2, 0.25) is 0 Å². The molecule has 0 radical (unpaired) electrons. The Kier molecular flexibility index (Phi) is 6.01. The maximum absolute atomic E-state index is 11.8. The average molecular weight is 354 g/mol. The van der Waals surface area contributed by atoms with E-state index in [2.05, 4.69) is 49.4 Å². The van der Waals surface area contributed by atoms with E-state index in [0.717, 1.165) is 32.5 Å². The van der Waals surface area contributed by atoms with Crippen molar-refractivity contribution in [1.82, 2.24) is 20.2 Å². The molecule has 26 heavy (non-hydrogen) atoms. The van der Waals surface area contributed by atoms with Gasteiger partial charge in [-0.25, -0.2) is 9.98 Å². The zero-order chi connectivity index (χ0) is 18.4. The van der Waals surface area contributed by atoms with Crippen molar-refractivity contribution in [2.24, 2.45) is 10.7 Å². The van der Waals surface area contributed by atoms with Crippen LogP contribution in [0, 0.1) is 6.92 Å². The highest BCUT2D eigenvalue weighted by molar-refractivity contribution is 5.78. The molecule has 0 saturated carbocycles. The molecule has 0 spiro atoms. The topological polar surface area (TPSA) is 99.4 Å². The lowest BCUT2D eigenvalue weighted by molar-refractivity contribution is 0.199. The minimum atomic E-state index is -0.164. The smallest absolute Gasteiger partial charge is 0.255 e. The zero-order valence-electron chi connectivity index (χ0n) is 15.1. The lowest BCUT2D eigenvalue weighted by atomic mass is 10.0. The predicted molar refractivity (Wildman–Crippen MR) is 103 cm³/mol. The van der Waals surface area contributed by atoms with E-state index < -0.39 is 0 Å². The van der Waals surface area contributed by atoms with Gasteiger partial charge in [-0.3, -0.25) is 9.69 Å². The maximum atomic E-state index is 11.8. The van der Waals surface area contributed by atoms with Crippen LogP contribution in [-0.4, -0.2) is 40.0 Å². The number of aromatic amines is 1. The molecule has 1 fully saturated rings. The summed E-state index contributed by atoms with van der Waals surface area (Å²) in [6.07, 6.45) is 3.60. The monoisotopic (exact) mass is 354 g/mol. The van der Waals surface area contributed by atoms with Crippen molar-refractivity contribution >= 4 is 5.96 Å². The van der Waals surface area contributed by atoms with Crippen molar-refractivity contribution in [3.05, 3.63) is 63.8 Å². The highest BCUT2D eigenvalue weighted by atomic mass is 16.1. The van der Waals surface area contributed by atoms with Gasteiger partial charge < -0.3 is 16.0 Å². The van der Waals surface area contributed by atoms with Gasteiger partial charge in [0, 0.05) is 31.9 Å². The predicted octanol–water partition coefficient (Wildman–Crippen LogP) is 1.15. The number of aliphatic imine (C=N–C) groups is 1. The fraction of sp³-hybridized carbons (Fsp3) is 0.421. The molecule has 3 rings (SSSR count). The number of hydrogen-bond acceptors (Lipinski definition) is 4. The number of likely N-dealkylation sites (tertiary alicyclic amines) is 1. The van der Waals surface area contributed by atoms with Crippen molar-refractivity contribution < 1.29 is 0 Å². The molecule has 1 aromatic carbocycles. The number of guanidine groups is 1. The van der Waals surface area contributed by atoms with Crippen LogP contribution in [0.5, 0.6) is 0 Å². The molecule has 2 heterocycles. The number of H-pyrrole nitrogens is 1. The van der Waals surface area contributed by atoms with E-state index in [1.54, 1.807) is 13.1 Å². The lowest BCUT2D eigenvalue weighted by Crippen LogP contribution is -2.46. The first kappa shape index (κ1) is 18.1. The normalized spacial score (nSPS) is 16.6. The second kappa shape index (κ2) is 8.62. The summed E-state index contributed by atoms with van der Waals surface area (Å²) in [6.45, 7) is 5.02. The van der Waals surface area contributed by atoms with Gasteiger partial charge in [-0.2, -0.15) is 0 Å². The first-order chi connectivity index (χ1) is 12.6. The number of piperidine rings is 1. The Labute approximate surface area is 153 Å². The third-order valence-electron chi connectivity index (χ3n) is 4.61. The maximum Gasteiger partial charge on any atom is 0.255 e. The lowest BCUT2D eigenvalue weighted by Gasteiger charge is -2.32. The second-order valence-corrected chi connectivity index (χ2v) is 6.70. The van der Waals surface area contributed by atoms with Crippen molar-refractivity contribution in [1.29, 1.82) is 0 Å². The Bertz CT molecular complexity index is 793. The van der Waals surface area contributed by atoms with Gasteiger partial charge in [0.25, 0.3) is 5.56 Å². The van der Waals surface area contributed by atoms with E-state index in [-0.39, 0.29) is 12.1 Å². The third-order valence-corrected chi connectivity index (χ3v) is 4.61. The first-order valence-corrected chi connectivity index (χ1v) is 8.97. The summed E-state index contributed by atoms with van der Waals surface area (Å²) in [5.74, 6) is 0.975. The van der Waals surface area contributed by atoms with Gasteiger partial charge in [-0.15, -0.1) is 0 Å². The molecule has 2 aromatic rings. The molecule has 1 saturated heterocycles. The quantitative estimate of drug-likeness (QED) is 0.552. The van der Waals surface area contributed by atoms with Crippen LogP contribution in [0.4, 0.5) is 0 Å². The van der Waals surface area contributed by atoms with E-state index >= 15 is 0 Å². The van der Waals surface area contributed by atoms with E-state index in [1.807, 2.05) is 6.07 Å². The summed E-state index contributed by atoms with van der Waals surface area (Å²) in [5, 5.41) is 3.27. The van der Waals surface area contributed by atoms with Crippen molar-refractivity contribution in [2.75, 3.05) is 13.1 Å². The number of aryl methyl sites for hydroxylation is 1. The Morgan fingerprint density at radius 1 is 1.35 bits per heavy atom. The number of nitrogens with zero attached hydrogens (tertiary/aromatic N) is 3. The van der Waals surface area contributed by atoms with Gasteiger partial charge in [0.15, 0.2) is 5.96 Å². The standard InChI is InChI=1S/C19H26N6O/c1-14-21-11-16(18(26)23-14)12-22-19(20)24-17-7-9-25(10-8-17)13-15-5-3-2-4-6-15/h2-6,11,17H,7-10,12-13H2,1H3,(H3,20,22,24)(H,21,23,26). The van der Waals surface area contributed by atoms with Gasteiger partial charge in [0.05, 0.1) is 12.1 Å². The van der Waals surface area contributed by atoms with Crippen LogP contribution in [-0.2, 0) is 13.1 Å². The number of hydrogen-bond donors (Lipinski definition) is 3. The summed E-state index contributed by atoms with van der Waals surface area (Å²) >= 11 is 0. The molecule has 0 bridgehead atoms. The first-order valence-electron chi connectivity index (χ1n) is 8.97. The number of nitrogens with one attached hydrogen (secondary N) is 2. The van der Waals surface area contributed by atoms with Crippen molar-refractivity contribution in [3.63, 3.8) is 0 Å². The molecule has 138 valence electrons. The fourth-order valence-electron chi connectivity index (χ4n) is 3.13. The molecule has 1 aliphatic heterocycles. The number of nitrogens with two attached hydrogens (primary N) is 1. The minimum absolute atomic E-state index is 0.164. The Balaban J connectivity index is 1.45. The van der Waals surface area contributed by atoms with E-state index in [0.29, 0.717) is 23.4 Å². The highest BCUT2D eigenvalue weighted by Gasteiger charge is 2.19. The van der Waals surface area contributed by atoms with E-state index in [9.17, 15) is 4.79 Å². The molecule has 0 atom stereocenters. The van der Waals surface area contributed by atoms with Gasteiger partial charge in [-0.1, -0.05) is 30.3 Å². The number of aromatic nitrogens is 2. The molecule has 1 aliphatic rings. The van der Waals surface area contributed by atoms with E-state index in [1.165, 1.54) is 5.56 Å². The Hall–Kier alpha value is -2.67. The van der Waals surface area contributed by atoms with Crippen LogP contribution in [0.15, 0.2) is 46.3 Å². The summed E-state index contributed by atoms with van der Waals surface area (Å²) in [4.78, 5) is 25.3. The van der Waals surface area contributed by atoms with Gasteiger partial charge in [0.2, 0.25) is 0 Å². The molecular formula is C19H26N6O. The average Bonchev–Trinajstić information content (AvgIpc) is 2.63. The minimum Gasteiger partial charge on any atom is -0.370 e. The number of benzene rings is 1. The van der Waals surface area contributed by atoms with Crippen molar-refractivity contribution in [2.45, 2.75) is 38.9 Å². The Morgan fingerprint density at radius 3 is 2.77 bits per heavy atom. The van der Waals surface area contributed by atoms with Gasteiger partial charge in [0.1, 0.15) is 5.82 Å². The second-order valence-electron chi connectivity index (χ2n) is 6.70. The van der Waals surface area contributed by atoms with Gasteiger partial charge >= 0.3 is 0 Å². The van der Waals surface area contributed by atoms with Gasteiger partial charge in [-0.05, 0) is 25.3 Å². The van der Waals surface area contributed by atoms with Crippen molar-refractivity contribution in [3.8, 4) is 0 Å². The summed E-state index contributed by atoms with van der Waals surface area (Å²) in [5.41, 5.74) is 7.68. The summed E-state index contributed by atoms with van der Waals surface area (Å²) < 4.78 is 0.